The molecule has 1 amide bonds. The van der Waals surface area contributed by atoms with Crippen LogP contribution in [0.5, 0.6) is 0 Å². The molecule has 2 saturated carbocycles. The zero-order valence-electron chi connectivity index (χ0n) is 5.84. The summed E-state index contributed by atoms with van der Waals surface area (Å²) in [5.41, 5.74) is 0. The van der Waals surface area contributed by atoms with E-state index in [4.69, 9.17) is 0 Å². The second kappa shape index (κ2) is 1.39. The molecule has 0 radical (unpaired) electrons. The number of amides is 1. The van der Waals surface area contributed by atoms with Gasteiger partial charge < -0.3 is 5.32 Å². The molecule has 1 saturated heterocycles. The Morgan fingerprint density at radius 1 is 1.30 bits per heavy atom. The summed E-state index contributed by atoms with van der Waals surface area (Å²) >= 11 is 0. The number of nitrogens with one attached hydrogen (secondary N) is 1. The van der Waals surface area contributed by atoms with Crippen LogP contribution in [0, 0.1) is 17.8 Å². The Bertz CT molecular complexity index is 199. The van der Waals surface area contributed by atoms with E-state index in [0.717, 1.165) is 11.8 Å². The number of carbonyl (C=O) groups is 1. The molecule has 1 N–H and O–H groups in total. The van der Waals surface area contributed by atoms with Gasteiger partial charge in [0.1, 0.15) is 0 Å². The SMILES string of the molecule is O=C1N[C@H]2C3CCC(C3)[C@@H]12. The second-order valence-electron chi connectivity index (χ2n) is 3.89. The van der Waals surface area contributed by atoms with Gasteiger partial charge in [0.05, 0.1) is 5.92 Å². The van der Waals surface area contributed by atoms with Crippen LogP contribution >= 0.6 is 0 Å². The average Bonchev–Trinajstić information content (AvgIpc) is 2.40. The average molecular weight is 137 g/mol. The maximum Gasteiger partial charge on any atom is 0.225 e. The predicted octanol–water partition coefficient (Wildman–Crippen LogP) is 0.531. The minimum Gasteiger partial charge on any atom is -0.352 e. The molecule has 3 fully saturated rings. The van der Waals surface area contributed by atoms with Crippen molar-refractivity contribution in [3.05, 3.63) is 0 Å². The van der Waals surface area contributed by atoms with Crippen LogP contribution in [0.2, 0.25) is 0 Å². The molecule has 2 nitrogen and oxygen atoms in total. The lowest BCUT2D eigenvalue weighted by Gasteiger charge is -2.39. The van der Waals surface area contributed by atoms with E-state index in [1.165, 1.54) is 19.3 Å². The highest BCUT2D eigenvalue weighted by atomic mass is 16.2. The van der Waals surface area contributed by atoms with Crippen molar-refractivity contribution in [2.24, 2.45) is 17.8 Å². The summed E-state index contributed by atoms with van der Waals surface area (Å²) in [7, 11) is 0. The van der Waals surface area contributed by atoms with Crippen LogP contribution in [0.4, 0.5) is 0 Å². The number of β-lactam (4-membered cyclic amide) rings is 1. The molecular formula is C8H11NO. The quantitative estimate of drug-likeness (QED) is 0.485. The van der Waals surface area contributed by atoms with Crippen LogP contribution in [0.1, 0.15) is 19.3 Å². The monoisotopic (exact) mass is 137 g/mol. The molecule has 0 aromatic heterocycles. The molecule has 1 heterocycles. The van der Waals surface area contributed by atoms with Gasteiger partial charge in [0.2, 0.25) is 5.91 Å². The minimum absolute atomic E-state index is 0.331. The number of rotatable bonds is 0. The van der Waals surface area contributed by atoms with Crippen LogP contribution in [-0.2, 0) is 4.79 Å². The van der Waals surface area contributed by atoms with Crippen molar-refractivity contribution in [1.29, 1.82) is 0 Å². The Labute approximate surface area is 60.0 Å². The van der Waals surface area contributed by atoms with Crippen molar-refractivity contribution in [3.8, 4) is 0 Å². The van der Waals surface area contributed by atoms with Crippen LogP contribution in [0.15, 0.2) is 0 Å². The number of hydrogen-bond acceptors (Lipinski definition) is 1. The van der Waals surface area contributed by atoms with Crippen LogP contribution in [0.3, 0.4) is 0 Å². The summed E-state index contributed by atoms with van der Waals surface area (Å²) < 4.78 is 0. The standard InChI is InChI=1S/C8H11NO/c10-8-6-4-1-2-5(3-4)7(6)9-8/h4-7H,1-3H2,(H,9,10)/t4?,5?,6-,7+/m1/s1. The highest BCUT2D eigenvalue weighted by Gasteiger charge is 2.57. The Balaban J connectivity index is 1.95. The largest absolute Gasteiger partial charge is 0.352 e. The highest BCUT2D eigenvalue weighted by Crippen LogP contribution is 2.51. The van der Waals surface area contributed by atoms with Crippen LogP contribution in [-0.4, -0.2) is 11.9 Å². The van der Waals surface area contributed by atoms with Gasteiger partial charge in [0.25, 0.3) is 0 Å². The second-order valence-corrected chi connectivity index (χ2v) is 3.89. The molecule has 54 valence electrons. The Hall–Kier alpha value is -0.530. The van der Waals surface area contributed by atoms with Crippen molar-refractivity contribution in [1.82, 2.24) is 5.32 Å². The molecule has 0 aromatic carbocycles. The maximum atomic E-state index is 11.0. The number of fused-ring (bicyclic) bond motifs is 5. The summed E-state index contributed by atoms with van der Waals surface area (Å²) in [5, 5.41) is 3.00. The van der Waals surface area contributed by atoms with Gasteiger partial charge in [-0.1, -0.05) is 0 Å². The molecule has 1 aliphatic heterocycles. The summed E-state index contributed by atoms with van der Waals surface area (Å²) in [6, 6.07) is 0.603. The first-order valence-corrected chi connectivity index (χ1v) is 4.16. The van der Waals surface area contributed by atoms with Crippen molar-refractivity contribution in [2.45, 2.75) is 25.3 Å². The van der Waals surface area contributed by atoms with Crippen LogP contribution < -0.4 is 5.32 Å². The first-order valence-electron chi connectivity index (χ1n) is 4.16. The molecule has 0 aromatic rings. The maximum absolute atomic E-state index is 11.0. The van der Waals surface area contributed by atoms with Gasteiger partial charge in [0.15, 0.2) is 0 Å². The molecule has 3 rings (SSSR count). The fourth-order valence-electron chi connectivity index (χ4n) is 3.04. The fourth-order valence-corrected chi connectivity index (χ4v) is 3.04. The molecule has 2 bridgehead atoms. The van der Waals surface area contributed by atoms with Gasteiger partial charge in [-0.25, -0.2) is 0 Å². The summed E-state index contributed by atoms with van der Waals surface area (Å²) in [6.07, 6.45) is 4.01. The Morgan fingerprint density at radius 3 is 2.70 bits per heavy atom. The van der Waals surface area contributed by atoms with Crippen LogP contribution in [0.25, 0.3) is 0 Å². The first-order chi connectivity index (χ1) is 4.86. The third kappa shape index (κ3) is 0.386. The fraction of sp³-hybridized carbons (Fsp3) is 0.875. The zero-order chi connectivity index (χ0) is 6.72. The third-order valence-electron chi connectivity index (χ3n) is 3.53. The lowest BCUT2D eigenvalue weighted by molar-refractivity contribution is -0.137. The van der Waals surface area contributed by atoms with Crippen molar-refractivity contribution < 1.29 is 4.79 Å². The molecule has 2 unspecified atom stereocenters. The summed E-state index contributed by atoms with van der Waals surface area (Å²) in [4.78, 5) is 11.0. The van der Waals surface area contributed by atoms with Crippen molar-refractivity contribution >= 4 is 5.91 Å². The summed E-state index contributed by atoms with van der Waals surface area (Å²) in [5.74, 6) is 2.40. The van der Waals surface area contributed by atoms with Gasteiger partial charge in [0, 0.05) is 6.04 Å². The van der Waals surface area contributed by atoms with E-state index in [1.807, 2.05) is 0 Å². The summed E-state index contributed by atoms with van der Waals surface area (Å²) in [6.45, 7) is 0. The lowest BCUT2D eigenvalue weighted by Crippen LogP contribution is -2.60. The molecular weight excluding hydrogens is 126 g/mol. The third-order valence-corrected chi connectivity index (χ3v) is 3.53. The van der Waals surface area contributed by atoms with Crippen molar-refractivity contribution in [2.75, 3.05) is 0 Å². The van der Waals surface area contributed by atoms with E-state index in [9.17, 15) is 4.79 Å². The van der Waals surface area contributed by atoms with Gasteiger partial charge >= 0.3 is 0 Å². The van der Waals surface area contributed by atoms with E-state index in [0.29, 0.717) is 17.9 Å². The van der Waals surface area contributed by atoms with Gasteiger partial charge in [-0.2, -0.15) is 0 Å². The van der Waals surface area contributed by atoms with E-state index < -0.39 is 0 Å². The van der Waals surface area contributed by atoms with E-state index in [2.05, 4.69) is 5.32 Å². The number of hydrogen-bond donors (Lipinski definition) is 1. The van der Waals surface area contributed by atoms with E-state index in [1.54, 1.807) is 0 Å². The van der Waals surface area contributed by atoms with E-state index in [-0.39, 0.29) is 0 Å². The van der Waals surface area contributed by atoms with Gasteiger partial charge in [-0.15, -0.1) is 0 Å². The molecule has 3 aliphatic rings. The van der Waals surface area contributed by atoms with Gasteiger partial charge in [-0.05, 0) is 31.1 Å². The van der Waals surface area contributed by atoms with Crippen molar-refractivity contribution in [3.63, 3.8) is 0 Å². The molecule has 10 heavy (non-hydrogen) atoms. The Kier molecular flexibility index (Phi) is 0.715. The zero-order valence-corrected chi connectivity index (χ0v) is 5.84. The van der Waals surface area contributed by atoms with E-state index >= 15 is 0 Å². The first kappa shape index (κ1) is 5.16. The van der Waals surface area contributed by atoms with Gasteiger partial charge in [-0.3, -0.25) is 4.79 Å². The normalized spacial score (nSPS) is 55.8. The highest BCUT2D eigenvalue weighted by molar-refractivity contribution is 5.87. The molecule has 4 atom stereocenters. The minimum atomic E-state index is 0.331. The molecule has 2 aliphatic carbocycles. The predicted molar refractivity (Wildman–Crippen MR) is 36.3 cm³/mol. The topological polar surface area (TPSA) is 29.1 Å². The Morgan fingerprint density at radius 2 is 2.10 bits per heavy atom. The molecule has 2 heteroatoms. The number of carbonyl (C=O) groups excluding carboxylic acids is 1. The molecule has 0 spiro atoms. The smallest absolute Gasteiger partial charge is 0.225 e. The lowest BCUT2D eigenvalue weighted by atomic mass is 9.78.